The van der Waals surface area contributed by atoms with Crippen molar-refractivity contribution in [1.82, 2.24) is 0 Å². The summed E-state index contributed by atoms with van der Waals surface area (Å²) in [5.41, 5.74) is -1.72. The second kappa shape index (κ2) is 5.99. The summed E-state index contributed by atoms with van der Waals surface area (Å²) < 4.78 is 10.2. The van der Waals surface area contributed by atoms with Crippen LogP contribution < -0.4 is 9.47 Å². The Morgan fingerprint density at radius 1 is 0.636 bits per heavy atom. The number of ether oxygens (including phenoxy) is 2. The lowest BCUT2D eigenvalue weighted by molar-refractivity contribution is -0.143. The van der Waals surface area contributed by atoms with Gasteiger partial charge in [0.1, 0.15) is 22.7 Å². The fourth-order valence-corrected chi connectivity index (χ4v) is 2.39. The summed E-state index contributed by atoms with van der Waals surface area (Å²) >= 11 is 0. The average Bonchev–Trinajstić information content (AvgIpc) is 2.54. The second-order valence-corrected chi connectivity index (χ2v) is 5.60. The van der Waals surface area contributed by atoms with Crippen LogP contribution in [0.15, 0.2) is 48.5 Å². The predicted molar refractivity (Wildman–Crippen MR) is 85.1 cm³/mol. The molecule has 0 aliphatic carbocycles. The van der Waals surface area contributed by atoms with Gasteiger partial charge in [-0.05, 0) is 49.2 Å². The van der Waals surface area contributed by atoms with Gasteiger partial charge in [-0.1, -0.05) is 24.3 Å². The zero-order valence-electron chi connectivity index (χ0n) is 13.3. The van der Waals surface area contributed by atoms with E-state index in [0.717, 1.165) is 0 Å². The van der Waals surface area contributed by atoms with Gasteiger partial charge in [0.15, 0.2) is 0 Å². The van der Waals surface area contributed by atoms with Crippen LogP contribution in [0.4, 0.5) is 0 Å². The van der Waals surface area contributed by atoms with Crippen LogP contribution in [0.3, 0.4) is 0 Å². The molecule has 2 aromatic rings. The minimum absolute atomic E-state index is 0.606. The molecule has 0 unspecified atom stereocenters. The summed E-state index contributed by atoms with van der Waals surface area (Å²) in [6.07, 6.45) is 0. The van der Waals surface area contributed by atoms with Gasteiger partial charge in [0.25, 0.3) is 0 Å². The van der Waals surface area contributed by atoms with Crippen molar-refractivity contribution in [3.63, 3.8) is 0 Å². The van der Waals surface area contributed by atoms with Gasteiger partial charge in [-0.25, -0.2) is 0 Å². The molecule has 0 amide bonds. The molecule has 0 spiro atoms. The van der Waals surface area contributed by atoms with Crippen LogP contribution in [0.25, 0.3) is 0 Å². The third kappa shape index (κ3) is 2.80. The molecular weight excluding hydrogens is 280 g/mol. The molecule has 0 radical (unpaired) electrons. The fourth-order valence-electron chi connectivity index (χ4n) is 2.39. The van der Waals surface area contributed by atoms with Crippen LogP contribution in [0.2, 0.25) is 0 Å². The number of hydrogen-bond donors (Lipinski definition) is 2. The van der Waals surface area contributed by atoms with E-state index in [2.05, 4.69) is 0 Å². The maximum Gasteiger partial charge on any atom is 0.119 e. The highest BCUT2D eigenvalue weighted by Gasteiger charge is 2.44. The Labute approximate surface area is 130 Å². The molecule has 2 N–H and O–H groups in total. The average molecular weight is 302 g/mol. The van der Waals surface area contributed by atoms with E-state index in [1.807, 2.05) is 0 Å². The zero-order chi connectivity index (χ0) is 16.4. The Morgan fingerprint density at radius 2 is 0.909 bits per heavy atom. The lowest BCUT2D eigenvalue weighted by Gasteiger charge is -2.39. The number of hydrogen-bond acceptors (Lipinski definition) is 4. The van der Waals surface area contributed by atoms with Crippen molar-refractivity contribution >= 4 is 0 Å². The van der Waals surface area contributed by atoms with Crippen LogP contribution >= 0.6 is 0 Å². The Bertz CT molecular complexity index is 555. The summed E-state index contributed by atoms with van der Waals surface area (Å²) in [5, 5.41) is 21.9. The van der Waals surface area contributed by atoms with Crippen molar-refractivity contribution in [2.45, 2.75) is 25.0 Å². The van der Waals surface area contributed by atoms with Crippen molar-refractivity contribution in [3.8, 4) is 11.5 Å². The molecule has 2 rings (SSSR count). The Balaban J connectivity index is 2.39. The summed E-state index contributed by atoms with van der Waals surface area (Å²) in [6.45, 7) is 3.19. The molecule has 0 aliphatic rings. The molecule has 4 heteroatoms. The first-order chi connectivity index (χ1) is 10.3. The molecule has 118 valence electrons. The summed E-state index contributed by atoms with van der Waals surface area (Å²) in [6, 6.07) is 14.0. The monoisotopic (exact) mass is 302 g/mol. The lowest BCUT2D eigenvalue weighted by Crippen LogP contribution is -2.45. The van der Waals surface area contributed by atoms with E-state index in [4.69, 9.17) is 9.47 Å². The minimum Gasteiger partial charge on any atom is -0.497 e. The van der Waals surface area contributed by atoms with E-state index < -0.39 is 11.2 Å². The first kappa shape index (κ1) is 16.3. The molecule has 2 atom stereocenters. The van der Waals surface area contributed by atoms with Crippen molar-refractivity contribution in [2.24, 2.45) is 0 Å². The second-order valence-electron chi connectivity index (χ2n) is 5.60. The third-order valence-corrected chi connectivity index (χ3v) is 4.25. The van der Waals surface area contributed by atoms with Gasteiger partial charge in [0.05, 0.1) is 14.2 Å². The van der Waals surface area contributed by atoms with E-state index in [-0.39, 0.29) is 0 Å². The SMILES string of the molecule is COc1ccc([C@](C)(O)[C@](C)(O)c2ccc(OC)cc2)cc1. The smallest absolute Gasteiger partial charge is 0.119 e. The molecule has 0 fully saturated rings. The van der Waals surface area contributed by atoms with Gasteiger partial charge in [-0.3, -0.25) is 0 Å². The number of methoxy groups -OCH3 is 2. The topological polar surface area (TPSA) is 58.9 Å². The molecule has 0 aromatic heterocycles. The number of aliphatic hydroxyl groups is 2. The van der Waals surface area contributed by atoms with Gasteiger partial charge in [-0.2, -0.15) is 0 Å². The van der Waals surface area contributed by atoms with E-state index in [0.29, 0.717) is 22.6 Å². The summed E-state index contributed by atoms with van der Waals surface area (Å²) in [5.74, 6) is 1.40. The van der Waals surface area contributed by atoms with Crippen LogP contribution in [-0.2, 0) is 11.2 Å². The Hall–Kier alpha value is -2.04. The first-order valence-electron chi connectivity index (χ1n) is 7.06. The van der Waals surface area contributed by atoms with Crippen LogP contribution in [0, 0.1) is 0 Å². The van der Waals surface area contributed by atoms with E-state index in [1.165, 1.54) is 0 Å². The quantitative estimate of drug-likeness (QED) is 0.891. The Morgan fingerprint density at radius 3 is 1.14 bits per heavy atom. The van der Waals surface area contributed by atoms with E-state index in [9.17, 15) is 10.2 Å². The molecular formula is C18H22O4. The molecule has 0 aliphatic heterocycles. The van der Waals surface area contributed by atoms with E-state index in [1.54, 1.807) is 76.6 Å². The van der Waals surface area contributed by atoms with Gasteiger partial charge in [0, 0.05) is 0 Å². The highest BCUT2D eigenvalue weighted by molar-refractivity contribution is 5.37. The summed E-state index contributed by atoms with van der Waals surface area (Å²) in [7, 11) is 3.17. The standard InChI is InChI=1S/C18H22O4/c1-17(19,13-5-9-15(21-3)10-6-13)18(2,20)14-7-11-16(22-4)12-8-14/h5-12,19-20H,1-4H3/t17-,18+. The maximum atomic E-state index is 10.9. The maximum absolute atomic E-state index is 10.9. The lowest BCUT2D eigenvalue weighted by atomic mass is 9.76. The highest BCUT2D eigenvalue weighted by Crippen LogP contribution is 2.40. The van der Waals surface area contributed by atoms with Gasteiger partial charge in [0.2, 0.25) is 0 Å². The predicted octanol–water partition coefficient (Wildman–Crippen LogP) is 2.82. The molecule has 22 heavy (non-hydrogen) atoms. The van der Waals surface area contributed by atoms with Gasteiger partial charge < -0.3 is 19.7 Å². The zero-order valence-corrected chi connectivity index (χ0v) is 13.3. The number of rotatable bonds is 5. The third-order valence-electron chi connectivity index (χ3n) is 4.25. The van der Waals surface area contributed by atoms with Crippen molar-refractivity contribution < 1.29 is 19.7 Å². The first-order valence-corrected chi connectivity index (χ1v) is 7.06. The van der Waals surface area contributed by atoms with E-state index >= 15 is 0 Å². The Kier molecular flexibility index (Phi) is 4.44. The van der Waals surface area contributed by atoms with Crippen LogP contribution in [-0.4, -0.2) is 24.4 Å². The number of benzene rings is 2. The fraction of sp³-hybridized carbons (Fsp3) is 0.333. The van der Waals surface area contributed by atoms with Crippen molar-refractivity contribution in [3.05, 3.63) is 59.7 Å². The van der Waals surface area contributed by atoms with Crippen molar-refractivity contribution in [1.29, 1.82) is 0 Å². The molecule has 0 heterocycles. The molecule has 0 saturated heterocycles. The normalized spacial score (nSPS) is 16.5. The minimum atomic E-state index is -1.46. The molecule has 2 aromatic carbocycles. The van der Waals surface area contributed by atoms with Gasteiger partial charge in [-0.15, -0.1) is 0 Å². The van der Waals surface area contributed by atoms with Crippen molar-refractivity contribution in [2.75, 3.05) is 14.2 Å². The molecule has 4 nitrogen and oxygen atoms in total. The van der Waals surface area contributed by atoms with Crippen LogP contribution in [0.5, 0.6) is 11.5 Å². The van der Waals surface area contributed by atoms with Crippen LogP contribution in [0.1, 0.15) is 25.0 Å². The van der Waals surface area contributed by atoms with Gasteiger partial charge >= 0.3 is 0 Å². The largest absolute Gasteiger partial charge is 0.497 e. The summed E-state index contributed by atoms with van der Waals surface area (Å²) in [4.78, 5) is 0. The molecule has 0 saturated carbocycles. The highest BCUT2D eigenvalue weighted by atomic mass is 16.5. The molecule has 0 bridgehead atoms.